The molecule has 3 unspecified atom stereocenters. The van der Waals surface area contributed by atoms with E-state index in [0.717, 1.165) is 70.6 Å². The van der Waals surface area contributed by atoms with Crippen LogP contribution in [0.4, 0.5) is 0 Å². The molecule has 3 atom stereocenters. The average molecular weight is 801 g/mol. The van der Waals surface area contributed by atoms with Crippen LogP contribution in [0.2, 0.25) is 0 Å². The van der Waals surface area contributed by atoms with Gasteiger partial charge < -0.3 is 28.4 Å². The Morgan fingerprint density at radius 3 is 0.966 bits per heavy atom. The number of hydrogen-bond acceptors (Lipinski definition) is 6. The standard InChI is InChI=1S/C53H68O6/c1-12-20-23-39(15-4)36-57-51-34-44(49(55-10)30-43(51)19-8)26-29-47-33-50(56-11)45(35-53(47)59-38-41(17-6)25-22-14-3)27-28-46-32-48(54-9)42(18-7)31-52(46)58-37-40(16-5)24-21-13-2/h7-8,30-35,39-41H,12-17,20-25,36-38H2,1-6,9-11H3. The van der Waals surface area contributed by atoms with E-state index >= 15 is 0 Å². The molecule has 0 bridgehead atoms. The highest BCUT2D eigenvalue weighted by Gasteiger charge is 2.17. The van der Waals surface area contributed by atoms with E-state index in [2.05, 4.69) is 77.1 Å². The molecule has 6 heteroatoms. The molecule has 0 radical (unpaired) electrons. The van der Waals surface area contributed by atoms with Crippen LogP contribution in [-0.4, -0.2) is 41.2 Å². The highest BCUT2D eigenvalue weighted by molar-refractivity contribution is 5.65. The summed E-state index contributed by atoms with van der Waals surface area (Å²) in [4.78, 5) is 0. The summed E-state index contributed by atoms with van der Waals surface area (Å²) in [6, 6.07) is 11.2. The van der Waals surface area contributed by atoms with Crippen LogP contribution >= 0.6 is 0 Å². The number of unbranched alkanes of at least 4 members (excludes halogenated alkanes) is 3. The van der Waals surface area contributed by atoms with E-state index in [9.17, 15) is 0 Å². The third kappa shape index (κ3) is 14.8. The molecular weight excluding hydrogens is 733 g/mol. The highest BCUT2D eigenvalue weighted by atomic mass is 16.5. The average Bonchev–Trinajstić information content (AvgIpc) is 3.27. The molecule has 0 amide bonds. The summed E-state index contributed by atoms with van der Waals surface area (Å²) in [5.74, 6) is 23.7. The molecule has 59 heavy (non-hydrogen) atoms. The topological polar surface area (TPSA) is 55.4 Å². The summed E-state index contributed by atoms with van der Waals surface area (Å²) < 4.78 is 36.8. The van der Waals surface area contributed by atoms with Crippen molar-refractivity contribution in [3.8, 4) is 82.9 Å². The first-order valence-corrected chi connectivity index (χ1v) is 21.8. The lowest BCUT2D eigenvalue weighted by molar-refractivity contribution is 0.232. The van der Waals surface area contributed by atoms with Crippen LogP contribution in [0.5, 0.6) is 34.5 Å². The van der Waals surface area contributed by atoms with Crippen LogP contribution in [0, 0.1) is 66.1 Å². The molecule has 0 saturated heterocycles. The van der Waals surface area contributed by atoms with E-state index in [1.54, 1.807) is 21.3 Å². The Balaban J connectivity index is 2.15. The first kappa shape index (κ1) is 48.1. The van der Waals surface area contributed by atoms with Gasteiger partial charge in [0.15, 0.2) is 0 Å². The van der Waals surface area contributed by atoms with Crippen LogP contribution in [0.15, 0.2) is 36.4 Å². The summed E-state index contributed by atoms with van der Waals surface area (Å²) in [7, 11) is 4.85. The monoisotopic (exact) mass is 801 g/mol. The molecule has 0 saturated carbocycles. The van der Waals surface area contributed by atoms with E-state index in [1.807, 2.05) is 36.4 Å². The molecule has 0 fully saturated rings. The molecule has 0 aliphatic heterocycles. The van der Waals surface area contributed by atoms with Crippen molar-refractivity contribution in [2.75, 3.05) is 41.2 Å². The zero-order valence-corrected chi connectivity index (χ0v) is 37.4. The van der Waals surface area contributed by atoms with Crippen molar-refractivity contribution < 1.29 is 28.4 Å². The van der Waals surface area contributed by atoms with Crippen molar-refractivity contribution in [3.63, 3.8) is 0 Å². The smallest absolute Gasteiger partial charge is 0.136 e. The van der Waals surface area contributed by atoms with Crippen molar-refractivity contribution in [1.82, 2.24) is 0 Å². The van der Waals surface area contributed by atoms with Gasteiger partial charge in [0.05, 0.1) is 74.5 Å². The lowest BCUT2D eigenvalue weighted by atomic mass is 10.0. The first-order chi connectivity index (χ1) is 28.8. The Morgan fingerprint density at radius 1 is 0.407 bits per heavy atom. The van der Waals surface area contributed by atoms with Gasteiger partial charge in [-0.2, -0.15) is 0 Å². The Kier molecular flexibility index (Phi) is 21.7. The number of hydrogen-bond donors (Lipinski definition) is 0. The summed E-state index contributed by atoms with van der Waals surface area (Å²) in [6.07, 6.45) is 25.1. The van der Waals surface area contributed by atoms with Crippen LogP contribution in [-0.2, 0) is 0 Å². The lowest BCUT2D eigenvalue weighted by Gasteiger charge is -2.18. The molecule has 3 rings (SSSR count). The predicted octanol–water partition coefficient (Wildman–Crippen LogP) is 12.3. The van der Waals surface area contributed by atoms with Gasteiger partial charge in [0.1, 0.15) is 34.5 Å². The minimum absolute atomic E-state index is 0.402. The van der Waals surface area contributed by atoms with Gasteiger partial charge in [-0.05, 0) is 37.0 Å². The molecule has 6 nitrogen and oxygen atoms in total. The zero-order valence-electron chi connectivity index (χ0n) is 37.4. The van der Waals surface area contributed by atoms with Crippen molar-refractivity contribution in [1.29, 1.82) is 0 Å². The van der Waals surface area contributed by atoms with Crippen molar-refractivity contribution >= 4 is 0 Å². The number of methoxy groups -OCH3 is 3. The van der Waals surface area contributed by atoms with Gasteiger partial charge >= 0.3 is 0 Å². The predicted molar refractivity (Wildman–Crippen MR) is 243 cm³/mol. The third-order valence-corrected chi connectivity index (χ3v) is 10.9. The maximum atomic E-state index is 6.62. The van der Waals surface area contributed by atoms with Gasteiger partial charge in [0, 0.05) is 36.4 Å². The van der Waals surface area contributed by atoms with Crippen LogP contribution < -0.4 is 28.4 Å². The van der Waals surface area contributed by atoms with E-state index in [4.69, 9.17) is 41.3 Å². The van der Waals surface area contributed by atoms with Gasteiger partial charge in [-0.3, -0.25) is 0 Å². The Bertz CT molecular complexity index is 1970. The molecule has 0 aliphatic carbocycles. The molecule has 0 aromatic heterocycles. The third-order valence-electron chi connectivity index (χ3n) is 10.9. The van der Waals surface area contributed by atoms with Crippen molar-refractivity contribution in [3.05, 3.63) is 69.8 Å². The molecule has 0 N–H and O–H groups in total. The molecule has 0 spiro atoms. The summed E-state index contributed by atoms with van der Waals surface area (Å²) in [5, 5.41) is 0. The van der Waals surface area contributed by atoms with E-state index < -0.39 is 0 Å². The van der Waals surface area contributed by atoms with Crippen LogP contribution in [0.3, 0.4) is 0 Å². The van der Waals surface area contributed by atoms with Crippen molar-refractivity contribution in [2.45, 2.75) is 119 Å². The van der Waals surface area contributed by atoms with Gasteiger partial charge in [0.2, 0.25) is 0 Å². The Hall–Kier alpha value is -5.30. The number of terminal acetylenes is 2. The van der Waals surface area contributed by atoms with Gasteiger partial charge in [-0.1, -0.05) is 135 Å². The maximum absolute atomic E-state index is 6.62. The van der Waals surface area contributed by atoms with Crippen LogP contribution in [0.1, 0.15) is 152 Å². The molecule has 3 aromatic rings. The second-order valence-electron chi connectivity index (χ2n) is 15.1. The minimum atomic E-state index is 0.402. The van der Waals surface area contributed by atoms with Crippen molar-refractivity contribution in [2.24, 2.45) is 17.8 Å². The fraction of sp³-hybridized carbons (Fsp3) is 0.509. The lowest BCUT2D eigenvalue weighted by Crippen LogP contribution is -2.12. The Morgan fingerprint density at radius 2 is 0.661 bits per heavy atom. The first-order valence-electron chi connectivity index (χ1n) is 21.8. The largest absolute Gasteiger partial charge is 0.495 e. The summed E-state index contributed by atoms with van der Waals surface area (Å²) in [6.45, 7) is 15.0. The second kappa shape index (κ2) is 26.7. The van der Waals surface area contributed by atoms with E-state index in [1.165, 1.54) is 6.42 Å². The van der Waals surface area contributed by atoms with Crippen LogP contribution in [0.25, 0.3) is 0 Å². The quantitative estimate of drug-likeness (QED) is 0.0841. The maximum Gasteiger partial charge on any atom is 0.136 e. The Labute approximate surface area is 357 Å². The molecular formula is C53H68O6. The summed E-state index contributed by atoms with van der Waals surface area (Å²) in [5.41, 5.74) is 3.88. The fourth-order valence-corrected chi connectivity index (χ4v) is 6.75. The van der Waals surface area contributed by atoms with E-state index in [-0.39, 0.29) is 0 Å². The SMILES string of the molecule is C#Cc1cc(OCC(CC)CCCC)c(C#Cc2cc(OCC(CC)CCCC)c(C#Cc3cc(OCC(CC)CCCC)c(C#C)cc3OC)cc2OC)cc1OC. The highest BCUT2D eigenvalue weighted by Crippen LogP contribution is 2.33. The minimum Gasteiger partial charge on any atom is -0.495 e. The van der Waals surface area contributed by atoms with Gasteiger partial charge in [0.25, 0.3) is 0 Å². The molecule has 0 aliphatic rings. The van der Waals surface area contributed by atoms with Gasteiger partial charge in [-0.15, -0.1) is 12.8 Å². The zero-order chi connectivity index (χ0) is 43.0. The fourth-order valence-electron chi connectivity index (χ4n) is 6.75. The number of benzene rings is 3. The summed E-state index contributed by atoms with van der Waals surface area (Å²) >= 11 is 0. The van der Waals surface area contributed by atoms with Gasteiger partial charge in [-0.25, -0.2) is 0 Å². The molecule has 0 heterocycles. The normalized spacial score (nSPS) is 12.0. The molecule has 316 valence electrons. The molecule has 3 aromatic carbocycles. The van der Waals surface area contributed by atoms with E-state index in [0.29, 0.717) is 105 Å². The number of ether oxygens (including phenoxy) is 6. The number of rotatable bonds is 24. The second-order valence-corrected chi connectivity index (χ2v) is 15.1.